The minimum atomic E-state index is -0.433. The maximum absolute atomic E-state index is 11.8. The van der Waals surface area contributed by atoms with Crippen LogP contribution in [0, 0.1) is 0 Å². The largest absolute Gasteiger partial charge is 0.508 e. The first-order valence-corrected chi connectivity index (χ1v) is 7.90. The van der Waals surface area contributed by atoms with Crippen LogP contribution in [0.5, 0.6) is 5.75 Å². The van der Waals surface area contributed by atoms with Crippen molar-refractivity contribution in [3.8, 4) is 11.4 Å². The smallest absolute Gasteiger partial charge is 0.339 e. The van der Waals surface area contributed by atoms with Crippen molar-refractivity contribution in [1.82, 2.24) is 25.2 Å². The van der Waals surface area contributed by atoms with E-state index in [4.69, 9.17) is 4.74 Å². The van der Waals surface area contributed by atoms with Crippen molar-refractivity contribution in [3.63, 3.8) is 0 Å². The summed E-state index contributed by atoms with van der Waals surface area (Å²) >= 11 is 1.34. The maximum Gasteiger partial charge on any atom is 0.339 e. The van der Waals surface area contributed by atoms with Gasteiger partial charge in [-0.25, -0.2) is 4.79 Å². The Labute approximate surface area is 141 Å². The molecule has 0 bridgehead atoms. The van der Waals surface area contributed by atoms with E-state index < -0.39 is 5.97 Å². The summed E-state index contributed by atoms with van der Waals surface area (Å²) in [6, 6.07) is 9.87. The van der Waals surface area contributed by atoms with Gasteiger partial charge in [0.1, 0.15) is 5.75 Å². The Bertz CT molecular complexity index is 850. The number of phenols is 1. The lowest BCUT2D eigenvalue weighted by Crippen LogP contribution is -2.07. The molecule has 2 aromatic heterocycles. The average molecular weight is 343 g/mol. The summed E-state index contributed by atoms with van der Waals surface area (Å²) < 4.78 is 6.31. The first kappa shape index (κ1) is 15.9. The van der Waals surface area contributed by atoms with Gasteiger partial charge in [0.2, 0.25) is 5.16 Å². The van der Waals surface area contributed by atoms with E-state index in [0.717, 1.165) is 5.69 Å². The number of aromatic hydroxyl groups is 1. The fourth-order valence-electron chi connectivity index (χ4n) is 2.01. The number of thioether (sulfide) groups is 1. The summed E-state index contributed by atoms with van der Waals surface area (Å²) in [5.74, 6) is 0.137. The van der Waals surface area contributed by atoms with Crippen LogP contribution in [0.3, 0.4) is 0 Å². The molecule has 0 fully saturated rings. The van der Waals surface area contributed by atoms with Gasteiger partial charge in [0.15, 0.2) is 0 Å². The summed E-state index contributed by atoms with van der Waals surface area (Å²) in [6.45, 7) is 0. The second-order valence-corrected chi connectivity index (χ2v) is 5.61. The van der Waals surface area contributed by atoms with Crippen LogP contribution in [0.1, 0.15) is 16.1 Å². The molecule has 0 atom stereocenters. The molecule has 0 saturated carbocycles. The number of carbonyl (C=O) groups is 1. The Morgan fingerprint density at radius 3 is 2.83 bits per heavy atom. The fourth-order valence-corrected chi connectivity index (χ4v) is 2.86. The van der Waals surface area contributed by atoms with Crippen LogP contribution >= 0.6 is 11.8 Å². The number of ether oxygens (including phenoxy) is 1. The van der Waals surface area contributed by atoms with Crippen LogP contribution in [0.15, 0.2) is 47.8 Å². The molecule has 2 heterocycles. The molecule has 0 unspecified atom stereocenters. The molecule has 3 aromatic rings. The molecular formula is C15H13N5O3S. The van der Waals surface area contributed by atoms with Crippen molar-refractivity contribution < 1.29 is 14.6 Å². The Balaban J connectivity index is 1.81. The summed E-state index contributed by atoms with van der Waals surface area (Å²) in [5, 5.41) is 21.5. The molecule has 122 valence electrons. The Morgan fingerprint density at radius 1 is 1.29 bits per heavy atom. The molecule has 0 amide bonds. The highest BCUT2D eigenvalue weighted by atomic mass is 32.2. The number of benzene rings is 1. The summed E-state index contributed by atoms with van der Waals surface area (Å²) in [5.41, 5.74) is 1.72. The lowest BCUT2D eigenvalue weighted by Gasteiger charge is -2.07. The molecule has 8 nitrogen and oxygen atoms in total. The highest BCUT2D eigenvalue weighted by molar-refractivity contribution is 7.98. The topological polar surface area (TPSA) is 103 Å². The molecule has 24 heavy (non-hydrogen) atoms. The van der Waals surface area contributed by atoms with Crippen LogP contribution in [0.2, 0.25) is 0 Å². The normalized spacial score (nSPS) is 10.5. The number of rotatable bonds is 5. The van der Waals surface area contributed by atoms with Gasteiger partial charge >= 0.3 is 5.97 Å². The molecule has 0 aliphatic rings. The van der Waals surface area contributed by atoms with Crippen molar-refractivity contribution in [2.45, 2.75) is 10.9 Å². The molecule has 0 aliphatic heterocycles. The van der Waals surface area contributed by atoms with Crippen molar-refractivity contribution in [2.24, 2.45) is 0 Å². The molecule has 0 spiro atoms. The number of hydrogen-bond acceptors (Lipinski definition) is 8. The summed E-state index contributed by atoms with van der Waals surface area (Å²) in [7, 11) is 1.33. The van der Waals surface area contributed by atoms with Gasteiger partial charge in [-0.1, -0.05) is 11.8 Å². The Hall–Kier alpha value is -2.94. The summed E-state index contributed by atoms with van der Waals surface area (Å²) in [6.07, 6.45) is 1.62. The SMILES string of the molecule is COC(=O)c1cccnc1CSc1nnnn1-c1ccc(O)cc1. The zero-order chi connectivity index (χ0) is 16.9. The van der Waals surface area contributed by atoms with E-state index in [2.05, 4.69) is 20.5 Å². The molecule has 0 aliphatic carbocycles. The van der Waals surface area contributed by atoms with Crippen LogP contribution in [0.25, 0.3) is 5.69 Å². The van der Waals surface area contributed by atoms with E-state index in [9.17, 15) is 9.90 Å². The third-order valence-corrected chi connectivity index (χ3v) is 4.10. The second-order valence-electron chi connectivity index (χ2n) is 4.67. The molecule has 9 heteroatoms. The van der Waals surface area contributed by atoms with Gasteiger partial charge in [-0.3, -0.25) is 4.98 Å². The number of pyridine rings is 1. The van der Waals surface area contributed by atoms with Crippen LogP contribution in [-0.2, 0) is 10.5 Å². The monoisotopic (exact) mass is 343 g/mol. The van der Waals surface area contributed by atoms with Gasteiger partial charge in [-0.05, 0) is 46.8 Å². The van der Waals surface area contributed by atoms with Gasteiger partial charge in [0.25, 0.3) is 0 Å². The third-order valence-electron chi connectivity index (χ3n) is 3.17. The standard InChI is InChI=1S/C15H13N5O3S/c1-23-14(22)12-3-2-8-16-13(12)9-24-15-17-18-19-20(15)10-4-6-11(21)7-5-10/h2-8,21H,9H2,1H3. The average Bonchev–Trinajstić information content (AvgIpc) is 3.08. The van der Waals surface area contributed by atoms with Crippen molar-refractivity contribution in [2.75, 3.05) is 7.11 Å². The predicted molar refractivity (Wildman–Crippen MR) is 86.0 cm³/mol. The number of nitrogens with zero attached hydrogens (tertiary/aromatic N) is 5. The van der Waals surface area contributed by atoms with E-state index >= 15 is 0 Å². The lowest BCUT2D eigenvalue weighted by molar-refractivity contribution is 0.0599. The third kappa shape index (κ3) is 3.35. The molecular weight excluding hydrogens is 330 g/mol. The Morgan fingerprint density at radius 2 is 2.08 bits per heavy atom. The van der Waals surface area contributed by atoms with Crippen molar-refractivity contribution >= 4 is 17.7 Å². The quantitative estimate of drug-likeness (QED) is 0.553. The molecule has 0 saturated heterocycles. The van der Waals surface area contributed by atoms with E-state index in [1.807, 2.05) is 0 Å². The number of esters is 1. The first-order chi connectivity index (χ1) is 11.7. The molecule has 3 rings (SSSR count). The Kier molecular flexibility index (Phi) is 4.71. The lowest BCUT2D eigenvalue weighted by atomic mass is 10.2. The van der Waals surface area contributed by atoms with Gasteiger partial charge in [-0.2, -0.15) is 4.68 Å². The highest BCUT2D eigenvalue weighted by Gasteiger charge is 2.15. The minimum Gasteiger partial charge on any atom is -0.508 e. The minimum absolute atomic E-state index is 0.164. The number of aromatic nitrogens is 5. The zero-order valence-electron chi connectivity index (χ0n) is 12.7. The van der Waals surface area contributed by atoms with E-state index in [1.165, 1.54) is 18.9 Å². The zero-order valence-corrected chi connectivity index (χ0v) is 13.5. The van der Waals surface area contributed by atoms with E-state index in [1.54, 1.807) is 47.3 Å². The van der Waals surface area contributed by atoms with Crippen molar-refractivity contribution in [3.05, 3.63) is 53.9 Å². The number of phenolic OH excluding ortho intramolecular Hbond substituents is 1. The van der Waals surface area contributed by atoms with E-state index in [-0.39, 0.29) is 5.75 Å². The van der Waals surface area contributed by atoms with Crippen molar-refractivity contribution in [1.29, 1.82) is 0 Å². The number of hydrogen-bond donors (Lipinski definition) is 1. The van der Waals surface area contributed by atoms with E-state index in [0.29, 0.717) is 22.2 Å². The fraction of sp³-hybridized carbons (Fsp3) is 0.133. The molecule has 1 aromatic carbocycles. The number of methoxy groups -OCH3 is 1. The van der Waals surface area contributed by atoms with Gasteiger partial charge in [0, 0.05) is 11.9 Å². The van der Waals surface area contributed by atoms with Gasteiger partial charge < -0.3 is 9.84 Å². The van der Waals surface area contributed by atoms with Gasteiger partial charge in [0.05, 0.1) is 24.1 Å². The predicted octanol–water partition coefficient (Wildman–Crippen LogP) is 1.84. The summed E-state index contributed by atoms with van der Waals surface area (Å²) in [4.78, 5) is 16.0. The highest BCUT2D eigenvalue weighted by Crippen LogP contribution is 2.24. The van der Waals surface area contributed by atoms with Crippen LogP contribution in [0.4, 0.5) is 0 Å². The van der Waals surface area contributed by atoms with Gasteiger partial charge in [-0.15, -0.1) is 5.10 Å². The molecule has 0 radical (unpaired) electrons. The first-order valence-electron chi connectivity index (χ1n) is 6.92. The molecule has 1 N–H and O–H groups in total. The van der Waals surface area contributed by atoms with Crippen LogP contribution in [-0.4, -0.2) is 43.4 Å². The number of carbonyl (C=O) groups excluding carboxylic acids is 1. The second kappa shape index (κ2) is 7.09. The maximum atomic E-state index is 11.8. The number of tetrazole rings is 1. The van der Waals surface area contributed by atoms with Crippen LogP contribution < -0.4 is 0 Å².